The van der Waals surface area contributed by atoms with E-state index < -0.39 is 0 Å². The van der Waals surface area contributed by atoms with Crippen molar-refractivity contribution in [1.82, 2.24) is 10.3 Å². The van der Waals surface area contributed by atoms with Gasteiger partial charge in [0.1, 0.15) is 0 Å². The normalized spacial score (nSPS) is 27.9. The molecule has 2 nitrogen and oxygen atoms in total. The number of hydrogen-bond donors (Lipinski definition) is 1. The maximum atomic E-state index is 4.20. The molecule has 0 aliphatic heterocycles. The molecule has 1 heterocycles. The van der Waals surface area contributed by atoms with Crippen molar-refractivity contribution in [3.63, 3.8) is 0 Å². The fraction of sp³-hybridized carbons (Fsp3) is 0.769. The molecule has 90 valence electrons. The summed E-state index contributed by atoms with van der Waals surface area (Å²) in [4.78, 5) is 5.60. The number of hydrogen-bond acceptors (Lipinski definition) is 3. The number of nitrogens with one attached hydrogen (secondary N) is 1. The first kappa shape index (κ1) is 12.1. The lowest BCUT2D eigenvalue weighted by molar-refractivity contribution is 0.226. The highest BCUT2D eigenvalue weighted by Gasteiger charge is 2.27. The number of thiazole rings is 1. The molecule has 0 aromatic carbocycles. The third-order valence-corrected chi connectivity index (χ3v) is 4.87. The highest BCUT2D eigenvalue weighted by molar-refractivity contribution is 7.09. The van der Waals surface area contributed by atoms with E-state index in [1.165, 1.54) is 37.0 Å². The molecule has 1 fully saturated rings. The topological polar surface area (TPSA) is 24.9 Å². The zero-order valence-corrected chi connectivity index (χ0v) is 11.1. The first-order valence-electron chi connectivity index (χ1n) is 6.40. The molecule has 1 saturated carbocycles. The summed E-state index contributed by atoms with van der Waals surface area (Å²) in [5, 5.41) is 3.48. The maximum Gasteiger partial charge on any atom is 0.0794 e. The predicted molar refractivity (Wildman–Crippen MR) is 69.7 cm³/mol. The van der Waals surface area contributed by atoms with Crippen molar-refractivity contribution >= 4 is 11.3 Å². The summed E-state index contributed by atoms with van der Waals surface area (Å²) in [6.45, 7) is 2.32. The van der Waals surface area contributed by atoms with Crippen LogP contribution in [0.5, 0.6) is 0 Å². The maximum absolute atomic E-state index is 4.20. The second-order valence-corrected chi connectivity index (χ2v) is 5.78. The van der Waals surface area contributed by atoms with Crippen molar-refractivity contribution in [3.8, 4) is 0 Å². The summed E-state index contributed by atoms with van der Waals surface area (Å²) in [5.41, 5.74) is 1.94. The fourth-order valence-electron chi connectivity index (χ4n) is 2.92. The second kappa shape index (κ2) is 5.78. The molecule has 0 saturated heterocycles. The van der Waals surface area contributed by atoms with Gasteiger partial charge >= 0.3 is 0 Å². The summed E-state index contributed by atoms with van der Waals surface area (Å²) >= 11 is 1.78. The monoisotopic (exact) mass is 238 g/mol. The largest absolute Gasteiger partial charge is 0.312 e. The van der Waals surface area contributed by atoms with Crippen LogP contribution in [0.3, 0.4) is 0 Å². The molecule has 1 atom stereocenters. The molecule has 1 unspecified atom stereocenters. The first-order chi connectivity index (χ1) is 7.85. The molecular weight excluding hydrogens is 216 g/mol. The molecule has 1 aliphatic carbocycles. The Bertz CT molecular complexity index is 289. The third kappa shape index (κ3) is 2.64. The van der Waals surface area contributed by atoms with E-state index in [1.807, 2.05) is 11.7 Å². The number of rotatable bonds is 4. The fourth-order valence-corrected chi connectivity index (χ4v) is 3.74. The van der Waals surface area contributed by atoms with Crippen molar-refractivity contribution in [3.05, 3.63) is 16.6 Å². The van der Waals surface area contributed by atoms with Gasteiger partial charge in [-0.15, -0.1) is 11.3 Å². The first-order valence-corrected chi connectivity index (χ1v) is 7.28. The van der Waals surface area contributed by atoms with Crippen LogP contribution in [0.2, 0.25) is 0 Å². The Labute approximate surface area is 102 Å². The highest BCUT2D eigenvalue weighted by atomic mass is 32.1. The van der Waals surface area contributed by atoms with Crippen LogP contribution in [-0.2, 0) is 0 Å². The van der Waals surface area contributed by atoms with E-state index in [4.69, 9.17) is 0 Å². The van der Waals surface area contributed by atoms with Crippen molar-refractivity contribution in [2.24, 2.45) is 11.8 Å². The summed E-state index contributed by atoms with van der Waals surface area (Å²) in [6.07, 6.45) is 8.97. The molecule has 0 amide bonds. The van der Waals surface area contributed by atoms with Gasteiger partial charge in [0, 0.05) is 17.1 Å². The smallest absolute Gasteiger partial charge is 0.0794 e. The number of aromatic nitrogens is 1. The van der Waals surface area contributed by atoms with Crippen LogP contribution in [0.25, 0.3) is 0 Å². The van der Waals surface area contributed by atoms with Crippen LogP contribution >= 0.6 is 11.3 Å². The zero-order chi connectivity index (χ0) is 11.4. The van der Waals surface area contributed by atoms with Crippen LogP contribution < -0.4 is 5.32 Å². The molecule has 0 radical (unpaired) electrons. The second-order valence-electron chi connectivity index (χ2n) is 4.86. The Morgan fingerprint density at radius 3 is 2.69 bits per heavy atom. The lowest BCUT2D eigenvalue weighted by Crippen LogP contribution is -2.28. The minimum absolute atomic E-state index is 0.533. The Kier molecular flexibility index (Phi) is 4.36. The zero-order valence-electron chi connectivity index (χ0n) is 10.3. The lowest BCUT2D eigenvalue weighted by atomic mass is 9.77. The van der Waals surface area contributed by atoms with Gasteiger partial charge in [0.05, 0.1) is 5.51 Å². The van der Waals surface area contributed by atoms with Gasteiger partial charge < -0.3 is 5.32 Å². The minimum Gasteiger partial charge on any atom is -0.312 e. The van der Waals surface area contributed by atoms with Crippen molar-refractivity contribution in [1.29, 1.82) is 0 Å². The van der Waals surface area contributed by atoms with E-state index in [2.05, 4.69) is 24.3 Å². The van der Waals surface area contributed by atoms with Crippen LogP contribution in [0.15, 0.2) is 11.7 Å². The van der Waals surface area contributed by atoms with E-state index in [-0.39, 0.29) is 0 Å². The molecule has 2 rings (SSSR count). The quantitative estimate of drug-likeness (QED) is 0.866. The third-order valence-electron chi connectivity index (χ3n) is 4.01. The Balaban J connectivity index is 1.96. The van der Waals surface area contributed by atoms with Gasteiger partial charge in [0.15, 0.2) is 0 Å². The molecule has 0 spiro atoms. The van der Waals surface area contributed by atoms with E-state index in [0.717, 1.165) is 11.8 Å². The highest BCUT2D eigenvalue weighted by Crippen LogP contribution is 2.38. The molecule has 1 aliphatic rings. The Morgan fingerprint density at radius 2 is 2.19 bits per heavy atom. The average molecular weight is 238 g/mol. The molecular formula is C13H22N2S. The predicted octanol–water partition coefficient (Wildman–Crippen LogP) is 3.62. The molecule has 0 bridgehead atoms. The van der Waals surface area contributed by atoms with Gasteiger partial charge in [0.25, 0.3) is 0 Å². The molecule has 16 heavy (non-hydrogen) atoms. The van der Waals surface area contributed by atoms with Crippen molar-refractivity contribution in [2.75, 3.05) is 7.05 Å². The lowest BCUT2D eigenvalue weighted by Gasteiger charge is -2.32. The Morgan fingerprint density at radius 1 is 1.44 bits per heavy atom. The number of nitrogens with zero attached hydrogens (tertiary/aromatic N) is 1. The molecule has 1 N–H and O–H groups in total. The molecule has 1 aromatic heterocycles. The van der Waals surface area contributed by atoms with Gasteiger partial charge in [-0.25, -0.2) is 0 Å². The van der Waals surface area contributed by atoms with Gasteiger partial charge in [-0.05, 0) is 31.7 Å². The van der Waals surface area contributed by atoms with Crippen molar-refractivity contribution < 1.29 is 0 Å². The standard InChI is InChI=1S/C13H22N2S/c1-3-10-4-6-11(7-5-10)13(14-2)12-8-15-9-16-12/h8-11,13-14H,3-7H2,1-2H3. The Hall–Kier alpha value is -0.410. The molecule has 3 heteroatoms. The SMILES string of the molecule is CCC1CCC(C(NC)c2cncs2)CC1. The summed E-state index contributed by atoms with van der Waals surface area (Å²) in [7, 11) is 2.08. The van der Waals surface area contributed by atoms with Gasteiger partial charge in [-0.3, -0.25) is 4.98 Å². The van der Waals surface area contributed by atoms with E-state index in [0.29, 0.717) is 6.04 Å². The van der Waals surface area contributed by atoms with Gasteiger partial charge in [-0.2, -0.15) is 0 Å². The van der Waals surface area contributed by atoms with Crippen LogP contribution in [0, 0.1) is 11.8 Å². The van der Waals surface area contributed by atoms with Gasteiger partial charge in [0.2, 0.25) is 0 Å². The average Bonchev–Trinajstić information content (AvgIpc) is 2.85. The van der Waals surface area contributed by atoms with E-state index in [9.17, 15) is 0 Å². The molecule has 1 aromatic rings. The van der Waals surface area contributed by atoms with E-state index >= 15 is 0 Å². The van der Waals surface area contributed by atoms with Crippen LogP contribution in [0.1, 0.15) is 49.9 Å². The van der Waals surface area contributed by atoms with Gasteiger partial charge in [-0.1, -0.05) is 26.2 Å². The van der Waals surface area contributed by atoms with Crippen LogP contribution in [-0.4, -0.2) is 12.0 Å². The summed E-state index contributed by atoms with van der Waals surface area (Å²) in [6, 6.07) is 0.533. The summed E-state index contributed by atoms with van der Waals surface area (Å²) in [5.74, 6) is 1.79. The minimum atomic E-state index is 0.533. The van der Waals surface area contributed by atoms with Crippen molar-refractivity contribution in [2.45, 2.75) is 45.1 Å². The summed E-state index contributed by atoms with van der Waals surface area (Å²) < 4.78 is 0. The van der Waals surface area contributed by atoms with Crippen LogP contribution in [0.4, 0.5) is 0 Å². The van der Waals surface area contributed by atoms with E-state index in [1.54, 1.807) is 11.3 Å².